The number of amides is 3. The average Bonchev–Trinajstić information content (AvgIpc) is 3.43. The third-order valence-corrected chi connectivity index (χ3v) is 12.1. The van der Waals surface area contributed by atoms with Gasteiger partial charge in [-0.2, -0.15) is 0 Å². The number of para-hydroxylation sites is 1. The lowest BCUT2D eigenvalue weighted by atomic mass is 9.82. The maximum Gasteiger partial charge on any atom is 0.264 e. The second-order valence-corrected chi connectivity index (χ2v) is 16.7. The molecule has 3 aromatic carbocycles. The maximum absolute atomic E-state index is 16.3. The fourth-order valence-electron chi connectivity index (χ4n) is 7.47. The number of nitrogens with zero attached hydrogens (tertiary/aromatic N) is 3. The van der Waals surface area contributed by atoms with E-state index in [9.17, 15) is 19.5 Å². The van der Waals surface area contributed by atoms with Crippen LogP contribution in [0, 0.1) is 5.92 Å². The van der Waals surface area contributed by atoms with Gasteiger partial charge in [0.1, 0.15) is 0 Å². The summed E-state index contributed by atoms with van der Waals surface area (Å²) in [7, 11) is -3.46. The predicted octanol–water partition coefficient (Wildman–Crippen LogP) is 5.16. The molecule has 0 unspecified atom stereocenters. The number of fused-ring (bicyclic) bond motifs is 2. The largest absolute Gasteiger partial charge is 0.395 e. The number of rotatable bonds is 10. The van der Waals surface area contributed by atoms with Crippen molar-refractivity contribution in [1.82, 2.24) is 4.90 Å². The van der Waals surface area contributed by atoms with Crippen LogP contribution in [-0.2, 0) is 37.8 Å². The smallest absolute Gasteiger partial charge is 0.264 e. The molecule has 2 saturated heterocycles. The highest BCUT2D eigenvalue weighted by molar-refractivity contribution is 6.72. The molecule has 4 atom stereocenters. The average molecular weight is 630 g/mol. The van der Waals surface area contributed by atoms with E-state index in [-0.39, 0.29) is 43.8 Å². The van der Waals surface area contributed by atoms with E-state index in [1.54, 1.807) is 27.8 Å². The van der Waals surface area contributed by atoms with E-state index in [0.717, 1.165) is 16.8 Å². The van der Waals surface area contributed by atoms with Crippen LogP contribution < -0.4 is 9.80 Å². The first-order valence-corrected chi connectivity index (χ1v) is 18.6. The van der Waals surface area contributed by atoms with Gasteiger partial charge in [-0.3, -0.25) is 14.4 Å². The van der Waals surface area contributed by atoms with Gasteiger partial charge in [0.05, 0.1) is 31.4 Å². The van der Waals surface area contributed by atoms with Gasteiger partial charge in [0.25, 0.3) is 5.91 Å². The van der Waals surface area contributed by atoms with E-state index >= 15 is 4.11 Å². The van der Waals surface area contributed by atoms with Crippen molar-refractivity contribution in [3.8, 4) is 0 Å². The number of hydrogen-bond acceptors (Lipinski definition) is 5. The predicted molar refractivity (Wildman–Crippen MR) is 173 cm³/mol. The molecule has 0 saturated carbocycles. The first kappa shape index (κ1) is 31.1. The van der Waals surface area contributed by atoms with Gasteiger partial charge in [0.2, 0.25) is 20.2 Å². The van der Waals surface area contributed by atoms with Crippen molar-refractivity contribution in [2.24, 2.45) is 5.92 Å². The molecule has 236 valence electrons. The highest BCUT2D eigenvalue weighted by Gasteiger charge is 2.67. The van der Waals surface area contributed by atoms with Crippen LogP contribution >= 0.6 is 0 Å². The van der Waals surface area contributed by atoms with Crippen molar-refractivity contribution in [2.45, 2.75) is 63.2 Å². The first-order chi connectivity index (χ1) is 21.5. The molecule has 8 nitrogen and oxygen atoms in total. The minimum Gasteiger partial charge on any atom is -0.395 e. The second kappa shape index (κ2) is 12.1. The Balaban J connectivity index is 1.31. The van der Waals surface area contributed by atoms with Gasteiger partial charge in [-0.1, -0.05) is 67.6 Å². The zero-order chi connectivity index (χ0) is 31.9. The lowest BCUT2D eigenvalue weighted by Gasteiger charge is -2.32. The van der Waals surface area contributed by atoms with Crippen LogP contribution in [0.4, 0.5) is 15.5 Å². The normalized spacial score (nSPS) is 24.2. The lowest BCUT2D eigenvalue weighted by molar-refractivity contribution is -0.150. The van der Waals surface area contributed by atoms with Crippen LogP contribution in [0.25, 0.3) is 0 Å². The number of benzene rings is 3. The van der Waals surface area contributed by atoms with Crippen molar-refractivity contribution in [1.29, 1.82) is 0 Å². The summed E-state index contributed by atoms with van der Waals surface area (Å²) >= 11 is 0. The Morgan fingerprint density at radius 2 is 1.76 bits per heavy atom. The Morgan fingerprint density at radius 3 is 2.42 bits per heavy atom. The van der Waals surface area contributed by atoms with Gasteiger partial charge >= 0.3 is 0 Å². The van der Waals surface area contributed by atoms with Gasteiger partial charge in [-0.25, -0.2) is 0 Å². The zero-order valence-corrected chi connectivity index (χ0v) is 27.0. The molecule has 2 fully saturated rings. The summed E-state index contributed by atoms with van der Waals surface area (Å²) < 4.78 is 23.0. The van der Waals surface area contributed by atoms with Gasteiger partial charge in [-0.05, 0) is 42.4 Å². The lowest BCUT2D eigenvalue weighted by Crippen LogP contribution is -2.45. The summed E-state index contributed by atoms with van der Waals surface area (Å²) in [5.41, 5.74) is 1.92. The highest BCUT2D eigenvalue weighted by Crippen LogP contribution is 2.60. The molecular weight excluding hydrogens is 589 g/mol. The van der Waals surface area contributed by atoms with Crippen LogP contribution in [0.2, 0.25) is 18.6 Å². The second-order valence-electron chi connectivity index (χ2n) is 12.9. The van der Waals surface area contributed by atoms with Crippen molar-refractivity contribution in [2.75, 3.05) is 29.5 Å². The van der Waals surface area contributed by atoms with E-state index in [4.69, 9.17) is 4.74 Å². The van der Waals surface area contributed by atoms with Crippen molar-refractivity contribution >= 4 is 37.5 Å². The molecule has 0 aromatic heterocycles. The van der Waals surface area contributed by atoms with E-state index in [2.05, 4.69) is 0 Å². The molecule has 3 aromatic rings. The Labute approximate surface area is 264 Å². The van der Waals surface area contributed by atoms with Crippen LogP contribution in [0.3, 0.4) is 0 Å². The number of aliphatic hydroxyl groups is 1. The fraction of sp³-hybridized carbons (Fsp3) is 0.400. The monoisotopic (exact) mass is 629 g/mol. The standard InChI is InChI=1S/C35H40FN3O5Si/c1-24-33(45(2,3)36)30(21-32(42)37(18-19-40)22-25-10-5-4-6-11-25)44-35(24)28-14-7-8-15-29(28)39(34(35)43)23-26-12-9-13-27(20-26)38-17-16-31(38)41/h4-15,20,24,30,33,40H,16-19,21-23H2,1-3H3/t24-,30+,33-,35+/m1/s1. The molecule has 3 aliphatic heterocycles. The molecule has 1 N–H and O–H groups in total. The Kier molecular flexibility index (Phi) is 8.40. The fourth-order valence-corrected chi connectivity index (χ4v) is 9.96. The number of aliphatic hydroxyl groups excluding tert-OH is 1. The molecular formula is C35H40FN3O5Si. The zero-order valence-electron chi connectivity index (χ0n) is 26.0. The SMILES string of the molecule is C[C@@H]1[C@@H]([Si](C)(C)F)[C@H](CC(=O)N(CCO)Cc2ccccc2)O[C@@]12C(=O)N(Cc1cccc(N3CCC3=O)c1)c1ccccc12. The molecule has 3 amide bonds. The van der Waals surface area contributed by atoms with Gasteiger partial charge in [0, 0.05) is 48.8 Å². The Bertz CT molecular complexity index is 1600. The van der Waals surface area contributed by atoms with Crippen LogP contribution in [-0.4, -0.2) is 61.9 Å². The molecule has 0 aliphatic carbocycles. The summed E-state index contributed by atoms with van der Waals surface area (Å²) in [6, 6.07) is 24.6. The maximum atomic E-state index is 16.3. The Morgan fingerprint density at radius 1 is 1.04 bits per heavy atom. The highest BCUT2D eigenvalue weighted by atomic mass is 28.4. The minimum absolute atomic E-state index is 0.0767. The molecule has 10 heteroatoms. The van der Waals surface area contributed by atoms with Crippen molar-refractivity contribution in [3.63, 3.8) is 0 Å². The van der Waals surface area contributed by atoms with E-state index in [0.29, 0.717) is 30.8 Å². The number of carbonyl (C=O) groups excluding carboxylic acids is 3. The number of halogens is 1. The molecule has 0 radical (unpaired) electrons. The Hall–Kier alpha value is -3.86. The number of ether oxygens (including phenoxy) is 1. The minimum atomic E-state index is -3.46. The van der Waals surface area contributed by atoms with Crippen LogP contribution in [0.1, 0.15) is 36.5 Å². The quantitative estimate of drug-likeness (QED) is 0.190. The summed E-state index contributed by atoms with van der Waals surface area (Å²) in [5.74, 6) is -0.964. The summed E-state index contributed by atoms with van der Waals surface area (Å²) in [6.07, 6.45) is -0.372. The molecule has 6 rings (SSSR count). The summed E-state index contributed by atoms with van der Waals surface area (Å²) in [6.45, 7) is 6.30. The third-order valence-electron chi connectivity index (χ3n) is 9.60. The summed E-state index contributed by atoms with van der Waals surface area (Å²) in [5, 5.41) is 9.74. The number of anilines is 2. The van der Waals surface area contributed by atoms with Gasteiger partial charge in [0.15, 0.2) is 5.60 Å². The third kappa shape index (κ3) is 5.60. The number of hydrogen-bond donors (Lipinski definition) is 1. The van der Waals surface area contributed by atoms with Crippen LogP contribution in [0.5, 0.6) is 0 Å². The molecule has 0 bridgehead atoms. The molecule has 45 heavy (non-hydrogen) atoms. The topological polar surface area (TPSA) is 90.4 Å². The summed E-state index contributed by atoms with van der Waals surface area (Å²) in [4.78, 5) is 45.5. The van der Waals surface area contributed by atoms with Crippen molar-refractivity contribution < 1.29 is 28.3 Å². The van der Waals surface area contributed by atoms with E-state index in [1.165, 1.54) is 0 Å². The molecule has 1 spiro atoms. The van der Waals surface area contributed by atoms with Crippen molar-refractivity contribution in [3.05, 3.63) is 95.6 Å². The van der Waals surface area contributed by atoms with E-state index in [1.807, 2.05) is 85.8 Å². The molecule has 3 heterocycles. The number of carbonyl (C=O) groups is 3. The first-order valence-electron chi connectivity index (χ1n) is 15.6. The van der Waals surface area contributed by atoms with E-state index < -0.39 is 31.6 Å². The van der Waals surface area contributed by atoms with Crippen LogP contribution in [0.15, 0.2) is 78.9 Å². The van der Waals surface area contributed by atoms with Gasteiger partial charge in [-0.15, -0.1) is 0 Å². The number of β-lactam (4-membered cyclic amide) rings is 1. The van der Waals surface area contributed by atoms with Gasteiger partial charge < -0.3 is 28.7 Å². The molecule has 3 aliphatic rings.